The molecule has 0 atom stereocenters. The molecule has 0 aliphatic rings. The van der Waals surface area contributed by atoms with E-state index in [9.17, 15) is 4.79 Å². The van der Waals surface area contributed by atoms with Crippen LogP contribution in [0.3, 0.4) is 0 Å². The van der Waals surface area contributed by atoms with Gasteiger partial charge < -0.3 is 19.5 Å². The molecule has 1 N–H and O–H groups in total. The number of nitrogens with one attached hydrogen (secondary N) is 1. The lowest BCUT2D eigenvalue weighted by Crippen LogP contribution is -2.33. The van der Waals surface area contributed by atoms with Crippen molar-refractivity contribution < 1.29 is 19.0 Å². The summed E-state index contributed by atoms with van der Waals surface area (Å²) in [5.41, 5.74) is 0.716. The van der Waals surface area contributed by atoms with Crippen LogP contribution in [0.25, 0.3) is 0 Å². The van der Waals surface area contributed by atoms with Crippen LogP contribution in [0, 0.1) is 0 Å². The van der Waals surface area contributed by atoms with Gasteiger partial charge in [-0.15, -0.1) is 0 Å². The van der Waals surface area contributed by atoms with Gasteiger partial charge in [0.15, 0.2) is 0 Å². The Labute approximate surface area is 154 Å². The van der Waals surface area contributed by atoms with Crippen LogP contribution in [0.2, 0.25) is 0 Å². The van der Waals surface area contributed by atoms with Gasteiger partial charge in [0.1, 0.15) is 23.9 Å². The van der Waals surface area contributed by atoms with E-state index >= 15 is 0 Å². The maximum atomic E-state index is 12.1. The van der Waals surface area contributed by atoms with Crippen LogP contribution in [0.5, 0.6) is 17.2 Å². The molecule has 2 aromatic rings. The van der Waals surface area contributed by atoms with E-state index in [4.69, 9.17) is 14.2 Å². The van der Waals surface area contributed by atoms with Crippen LogP contribution in [0.15, 0.2) is 48.5 Å². The molecular weight excluding hydrogens is 332 g/mol. The number of likely N-dealkylation sites (N-methyl/N-ethyl adjacent to an activating group) is 1. The fourth-order valence-electron chi connectivity index (χ4n) is 2.34. The quantitative estimate of drug-likeness (QED) is 0.707. The van der Waals surface area contributed by atoms with Gasteiger partial charge in [-0.3, -0.25) is 9.69 Å². The smallest absolute Gasteiger partial charge is 0.238 e. The maximum Gasteiger partial charge on any atom is 0.238 e. The number of rotatable bonds is 10. The lowest BCUT2D eigenvalue weighted by Gasteiger charge is -2.17. The Hall–Kier alpha value is -2.73. The number of benzene rings is 2. The monoisotopic (exact) mass is 358 g/mol. The Balaban J connectivity index is 1.70. The minimum Gasteiger partial charge on any atom is -0.497 e. The first-order chi connectivity index (χ1) is 12.6. The molecule has 0 saturated heterocycles. The summed E-state index contributed by atoms with van der Waals surface area (Å²) in [4.78, 5) is 14.0. The van der Waals surface area contributed by atoms with Gasteiger partial charge in [0.25, 0.3) is 0 Å². The van der Waals surface area contributed by atoms with Crippen molar-refractivity contribution in [2.24, 2.45) is 0 Å². The predicted octanol–water partition coefficient (Wildman–Crippen LogP) is 3.04. The third kappa shape index (κ3) is 6.64. The molecule has 26 heavy (non-hydrogen) atoms. The lowest BCUT2D eigenvalue weighted by atomic mass is 10.3. The molecule has 2 rings (SSSR count). The molecule has 0 heterocycles. The molecule has 0 saturated carbocycles. The molecular formula is C20H26N2O4. The molecule has 0 unspecified atom stereocenters. The molecule has 0 fully saturated rings. The number of amides is 1. The van der Waals surface area contributed by atoms with Crippen LogP contribution in [-0.2, 0) is 4.79 Å². The van der Waals surface area contributed by atoms with E-state index in [1.165, 1.54) is 0 Å². The van der Waals surface area contributed by atoms with Gasteiger partial charge in [-0.2, -0.15) is 0 Å². The molecule has 6 nitrogen and oxygen atoms in total. The van der Waals surface area contributed by atoms with Crippen LogP contribution in [0.1, 0.15) is 6.92 Å². The van der Waals surface area contributed by atoms with Crippen molar-refractivity contribution in [1.82, 2.24) is 4.90 Å². The third-order valence-corrected chi connectivity index (χ3v) is 3.64. The summed E-state index contributed by atoms with van der Waals surface area (Å²) in [6.45, 7) is 4.01. The van der Waals surface area contributed by atoms with E-state index in [-0.39, 0.29) is 12.5 Å². The summed E-state index contributed by atoms with van der Waals surface area (Å²) >= 11 is 0. The van der Waals surface area contributed by atoms with Gasteiger partial charge in [-0.05, 0) is 50.4 Å². The highest BCUT2D eigenvalue weighted by atomic mass is 16.5. The first-order valence-corrected chi connectivity index (χ1v) is 8.59. The molecule has 0 aliphatic heterocycles. The fraction of sp³-hybridized carbons (Fsp3) is 0.350. The average Bonchev–Trinajstić information content (AvgIpc) is 2.63. The number of hydrogen-bond donors (Lipinski definition) is 1. The second kappa shape index (κ2) is 10.3. The van der Waals surface area contributed by atoms with Gasteiger partial charge in [-0.1, -0.05) is 6.07 Å². The number of methoxy groups -OCH3 is 1. The molecule has 6 heteroatoms. The van der Waals surface area contributed by atoms with Crippen molar-refractivity contribution in [3.8, 4) is 17.2 Å². The van der Waals surface area contributed by atoms with Crippen molar-refractivity contribution in [3.05, 3.63) is 48.5 Å². The van der Waals surface area contributed by atoms with Crippen LogP contribution < -0.4 is 19.5 Å². The van der Waals surface area contributed by atoms with Crippen LogP contribution in [0.4, 0.5) is 5.69 Å². The number of carbonyl (C=O) groups excluding carboxylic acids is 1. The average molecular weight is 358 g/mol. The standard InChI is InChI=1S/C20H26N2O4/c1-4-25-17-8-10-18(11-9-17)26-13-12-22(2)15-20(23)21-16-6-5-7-19(14-16)24-3/h5-11,14H,4,12-13,15H2,1-3H3,(H,21,23). The number of hydrogen-bond acceptors (Lipinski definition) is 5. The number of anilines is 1. The van der Waals surface area contributed by atoms with Gasteiger partial charge in [-0.25, -0.2) is 0 Å². The summed E-state index contributed by atoms with van der Waals surface area (Å²) in [7, 11) is 3.48. The van der Waals surface area contributed by atoms with E-state index in [1.807, 2.05) is 61.3 Å². The molecule has 1 amide bonds. The van der Waals surface area contributed by atoms with E-state index in [0.29, 0.717) is 31.2 Å². The molecule has 0 aliphatic carbocycles. The summed E-state index contributed by atoms with van der Waals surface area (Å²) in [5.74, 6) is 2.23. The number of carbonyl (C=O) groups is 1. The Kier molecular flexibility index (Phi) is 7.76. The second-order valence-electron chi connectivity index (χ2n) is 5.77. The van der Waals surface area contributed by atoms with Crippen molar-refractivity contribution in [1.29, 1.82) is 0 Å². The highest BCUT2D eigenvalue weighted by Crippen LogP contribution is 2.18. The summed E-state index contributed by atoms with van der Waals surface area (Å²) < 4.78 is 16.2. The third-order valence-electron chi connectivity index (χ3n) is 3.64. The Morgan fingerprint density at radius 2 is 1.73 bits per heavy atom. The first kappa shape index (κ1) is 19.6. The van der Waals surface area contributed by atoms with Gasteiger partial charge in [0, 0.05) is 18.3 Å². The van der Waals surface area contributed by atoms with Crippen molar-refractivity contribution in [2.45, 2.75) is 6.92 Å². The summed E-state index contributed by atoms with van der Waals surface area (Å²) in [5, 5.41) is 2.86. The number of ether oxygens (including phenoxy) is 3. The maximum absolute atomic E-state index is 12.1. The second-order valence-corrected chi connectivity index (χ2v) is 5.77. The van der Waals surface area contributed by atoms with Crippen LogP contribution >= 0.6 is 0 Å². The molecule has 0 bridgehead atoms. The highest BCUT2D eigenvalue weighted by Gasteiger charge is 2.08. The molecule has 0 aromatic heterocycles. The Morgan fingerprint density at radius 3 is 2.38 bits per heavy atom. The normalized spacial score (nSPS) is 10.5. The van der Waals surface area contributed by atoms with Gasteiger partial charge in [0.05, 0.1) is 20.3 Å². The molecule has 0 radical (unpaired) electrons. The summed E-state index contributed by atoms with van der Waals surface area (Å²) in [6.07, 6.45) is 0. The highest BCUT2D eigenvalue weighted by molar-refractivity contribution is 5.92. The Bertz CT molecular complexity index is 688. The SMILES string of the molecule is CCOc1ccc(OCCN(C)CC(=O)Nc2cccc(OC)c2)cc1. The minimum atomic E-state index is -0.0816. The van der Waals surface area contributed by atoms with Crippen LogP contribution in [-0.4, -0.2) is 51.3 Å². The Morgan fingerprint density at radius 1 is 1.04 bits per heavy atom. The molecule has 140 valence electrons. The van der Waals surface area contributed by atoms with E-state index in [2.05, 4.69) is 5.32 Å². The molecule has 0 spiro atoms. The number of nitrogens with zero attached hydrogens (tertiary/aromatic N) is 1. The van der Waals surface area contributed by atoms with Crippen molar-refractivity contribution >= 4 is 11.6 Å². The van der Waals surface area contributed by atoms with E-state index in [1.54, 1.807) is 13.2 Å². The zero-order valence-electron chi connectivity index (χ0n) is 15.5. The predicted molar refractivity (Wildman–Crippen MR) is 102 cm³/mol. The van der Waals surface area contributed by atoms with E-state index in [0.717, 1.165) is 11.5 Å². The fourth-order valence-corrected chi connectivity index (χ4v) is 2.34. The molecule has 2 aromatic carbocycles. The minimum absolute atomic E-state index is 0.0816. The zero-order chi connectivity index (χ0) is 18.8. The topological polar surface area (TPSA) is 60.0 Å². The van der Waals surface area contributed by atoms with Gasteiger partial charge in [0.2, 0.25) is 5.91 Å². The van der Waals surface area contributed by atoms with E-state index < -0.39 is 0 Å². The zero-order valence-corrected chi connectivity index (χ0v) is 15.5. The van der Waals surface area contributed by atoms with Crippen molar-refractivity contribution in [3.63, 3.8) is 0 Å². The summed E-state index contributed by atoms with van der Waals surface area (Å²) in [6, 6.07) is 14.8. The van der Waals surface area contributed by atoms with Gasteiger partial charge >= 0.3 is 0 Å². The first-order valence-electron chi connectivity index (χ1n) is 8.59. The largest absolute Gasteiger partial charge is 0.497 e. The lowest BCUT2D eigenvalue weighted by molar-refractivity contribution is -0.117. The van der Waals surface area contributed by atoms with Crippen molar-refractivity contribution in [2.75, 3.05) is 45.8 Å².